The van der Waals surface area contributed by atoms with Gasteiger partial charge in [-0.05, 0) is 43.6 Å². The summed E-state index contributed by atoms with van der Waals surface area (Å²) in [6.07, 6.45) is 5.30. The molecule has 1 heterocycles. The Bertz CT molecular complexity index is 829. The fourth-order valence-electron chi connectivity index (χ4n) is 3.09. The van der Waals surface area contributed by atoms with E-state index in [0.717, 1.165) is 48.2 Å². The Balaban J connectivity index is 1.86. The maximum atomic E-state index is 12.7. The molecule has 6 heteroatoms. The van der Waals surface area contributed by atoms with Gasteiger partial charge < -0.3 is 5.32 Å². The topological polar surface area (TPSA) is 64.0 Å². The highest BCUT2D eigenvalue weighted by Crippen LogP contribution is 2.20. The molecule has 0 saturated carbocycles. The van der Waals surface area contributed by atoms with Gasteiger partial charge in [-0.25, -0.2) is 4.98 Å². The van der Waals surface area contributed by atoms with Crippen LogP contribution >= 0.6 is 11.8 Å². The van der Waals surface area contributed by atoms with Crippen molar-refractivity contribution in [2.75, 3.05) is 11.6 Å². The Morgan fingerprint density at radius 3 is 2.88 bits per heavy atom. The molecule has 1 aromatic carbocycles. The van der Waals surface area contributed by atoms with E-state index in [2.05, 4.69) is 10.3 Å². The van der Waals surface area contributed by atoms with E-state index in [1.165, 1.54) is 16.3 Å². The quantitative estimate of drug-likeness (QED) is 0.670. The van der Waals surface area contributed by atoms with Crippen molar-refractivity contribution in [3.8, 4) is 0 Å². The van der Waals surface area contributed by atoms with E-state index in [9.17, 15) is 9.59 Å². The Morgan fingerprint density at radius 2 is 2.12 bits per heavy atom. The summed E-state index contributed by atoms with van der Waals surface area (Å²) >= 11 is 1.40. The van der Waals surface area contributed by atoms with E-state index < -0.39 is 0 Å². The molecule has 0 unspecified atom stereocenters. The molecule has 24 heavy (non-hydrogen) atoms. The number of carbonyl (C=O) groups is 1. The number of hydrogen-bond acceptors (Lipinski definition) is 4. The zero-order chi connectivity index (χ0) is 17.1. The first-order valence-electron chi connectivity index (χ1n) is 8.18. The number of nitrogens with one attached hydrogen (secondary N) is 1. The Labute approximate surface area is 145 Å². The number of rotatable bonds is 5. The average molecular weight is 343 g/mol. The molecule has 5 nitrogen and oxygen atoms in total. The summed E-state index contributed by atoms with van der Waals surface area (Å²) in [5, 5.41) is 3.53. The number of thioether (sulfide) groups is 1. The zero-order valence-electron chi connectivity index (χ0n) is 14.0. The minimum Gasteiger partial charge on any atom is -0.324 e. The number of hydrogen-bond donors (Lipinski definition) is 1. The molecule has 0 aliphatic heterocycles. The fraction of sp³-hybridized carbons (Fsp3) is 0.389. The number of benzene rings is 1. The molecule has 0 saturated heterocycles. The fourth-order valence-corrected chi connectivity index (χ4v) is 3.66. The van der Waals surface area contributed by atoms with Gasteiger partial charge in [-0.2, -0.15) is 0 Å². The second-order valence-corrected chi connectivity index (χ2v) is 6.60. The normalized spacial score (nSPS) is 12.9. The van der Waals surface area contributed by atoms with Crippen molar-refractivity contribution in [3.05, 3.63) is 51.4 Å². The molecule has 3 rings (SSSR count). The van der Waals surface area contributed by atoms with Gasteiger partial charge in [0.1, 0.15) is 6.54 Å². The van der Waals surface area contributed by atoms with Gasteiger partial charge in [-0.3, -0.25) is 14.2 Å². The number of amides is 1. The Kier molecular flexibility index (Phi) is 5.04. The van der Waals surface area contributed by atoms with Gasteiger partial charge in [0.25, 0.3) is 5.56 Å². The highest BCUT2D eigenvalue weighted by atomic mass is 32.2. The molecule has 1 aliphatic carbocycles. The molecule has 1 N–H and O–H groups in total. The van der Waals surface area contributed by atoms with Crippen molar-refractivity contribution in [2.24, 2.45) is 0 Å². The van der Waals surface area contributed by atoms with Crippen LogP contribution in [0.2, 0.25) is 0 Å². The van der Waals surface area contributed by atoms with Crippen LogP contribution in [0, 0.1) is 0 Å². The van der Waals surface area contributed by atoms with Crippen LogP contribution in [0.1, 0.15) is 30.2 Å². The number of fused-ring (bicyclic) bond motifs is 1. The van der Waals surface area contributed by atoms with Gasteiger partial charge in [0, 0.05) is 11.3 Å². The van der Waals surface area contributed by atoms with Crippen LogP contribution in [0.5, 0.6) is 0 Å². The molecule has 1 aliphatic rings. The summed E-state index contributed by atoms with van der Waals surface area (Å²) in [6, 6.07) is 7.72. The van der Waals surface area contributed by atoms with Crippen LogP contribution in [0.3, 0.4) is 0 Å². The second kappa shape index (κ2) is 7.21. The first-order valence-corrected chi connectivity index (χ1v) is 9.40. The highest BCUT2D eigenvalue weighted by molar-refractivity contribution is 7.98. The minimum absolute atomic E-state index is 0.00661. The Hall–Kier alpha value is -2.08. The summed E-state index contributed by atoms with van der Waals surface area (Å²) in [5.74, 6) is -0.201. The molecule has 0 fully saturated rings. The third-order valence-corrected chi connectivity index (χ3v) is 4.99. The number of para-hydroxylation sites is 1. The van der Waals surface area contributed by atoms with Gasteiger partial charge >= 0.3 is 0 Å². The zero-order valence-corrected chi connectivity index (χ0v) is 14.8. The number of anilines is 1. The third-order valence-electron chi connectivity index (χ3n) is 4.31. The van der Waals surface area contributed by atoms with Crippen molar-refractivity contribution in [3.63, 3.8) is 0 Å². The first-order chi connectivity index (χ1) is 11.6. The van der Waals surface area contributed by atoms with Crippen LogP contribution in [-0.4, -0.2) is 21.7 Å². The monoisotopic (exact) mass is 343 g/mol. The summed E-state index contributed by atoms with van der Waals surface area (Å²) in [5.41, 5.74) is 3.49. The van der Waals surface area contributed by atoms with Crippen LogP contribution < -0.4 is 10.9 Å². The maximum absolute atomic E-state index is 12.7. The van der Waals surface area contributed by atoms with Gasteiger partial charge in [-0.15, -0.1) is 0 Å². The standard InChI is InChI=1S/C18H21N3O2S/c1-3-12-7-4-5-9-14(12)19-16(22)11-21-17(23)13-8-6-10-15(13)20-18(21)24-2/h4-5,7,9H,3,6,8,10-11H2,1-2H3,(H,19,22). The third kappa shape index (κ3) is 3.24. The second-order valence-electron chi connectivity index (χ2n) is 5.83. The van der Waals surface area contributed by atoms with E-state index in [4.69, 9.17) is 0 Å². The predicted octanol–water partition coefficient (Wildman–Crippen LogP) is 2.66. The number of aryl methyl sites for hydroxylation is 2. The van der Waals surface area contributed by atoms with Crippen molar-refractivity contribution in [2.45, 2.75) is 44.3 Å². The number of aromatic nitrogens is 2. The molecule has 1 amide bonds. The molecule has 0 bridgehead atoms. The molecule has 0 radical (unpaired) electrons. The average Bonchev–Trinajstić information content (AvgIpc) is 3.06. The van der Waals surface area contributed by atoms with Crippen molar-refractivity contribution < 1.29 is 4.79 Å². The molecular weight excluding hydrogens is 322 g/mol. The van der Waals surface area contributed by atoms with E-state index in [1.807, 2.05) is 37.4 Å². The van der Waals surface area contributed by atoms with Gasteiger partial charge in [0.2, 0.25) is 5.91 Å². The molecule has 2 aromatic rings. The lowest BCUT2D eigenvalue weighted by molar-refractivity contribution is -0.116. The molecule has 0 atom stereocenters. The van der Waals surface area contributed by atoms with Crippen LogP contribution in [0.25, 0.3) is 0 Å². The highest BCUT2D eigenvalue weighted by Gasteiger charge is 2.21. The van der Waals surface area contributed by atoms with Crippen molar-refractivity contribution >= 4 is 23.4 Å². The lowest BCUT2D eigenvalue weighted by Gasteiger charge is -2.14. The van der Waals surface area contributed by atoms with Crippen LogP contribution in [0.4, 0.5) is 5.69 Å². The molecule has 126 valence electrons. The van der Waals surface area contributed by atoms with Crippen LogP contribution in [-0.2, 0) is 30.6 Å². The summed E-state index contributed by atoms with van der Waals surface area (Å²) in [4.78, 5) is 29.7. The lowest BCUT2D eigenvalue weighted by atomic mass is 10.1. The molecule has 0 spiro atoms. The van der Waals surface area contributed by atoms with Crippen molar-refractivity contribution in [1.82, 2.24) is 9.55 Å². The largest absolute Gasteiger partial charge is 0.324 e. The first kappa shape index (κ1) is 16.8. The van der Waals surface area contributed by atoms with E-state index in [1.54, 1.807) is 0 Å². The summed E-state index contributed by atoms with van der Waals surface area (Å²) < 4.78 is 1.50. The Morgan fingerprint density at radius 1 is 1.33 bits per heavy atom. The van der Waals surface area contributed by atoms with Gasteiger partial charge in [0.05, 0.1) is 5.69 Å². The molecule has 1 aromatic heterocycles. The SMILES string of the molecule is CCc1ccccc1NC(=O)Cn1c(SC)nc2c(c1=O)CCC2. The lowest BCUT2D eigenvalue weighted by Crippen LogP contribution is -2.32. The smallest absolute Gasteiger partial charge is 0.258 e. The molecular formula is C18H21N3O2S. The van der Waals surface area contributed by atoms with E-state index in [0.29, 0.717) is 5.16 Å². The van der Waals surface area contributed by atoms with Crippen molar-refractivity contribution in [1.29, 1.82) is 0 Å². The number of nitrogens with zero attached hydrogens (tertiary/aromatic N) is 2. The number of carbonyl (C=O) groups excluding carboxylic acids is 1. The van der Waals surface area contributed by atoms with Gasteiger partial charge in [-0.1, -0.05) is 36.9 Å². The maximum Gasteiger partial charge on any atom is 0.258 e. The van der Waals surface area contributed by atoms with Gasteiger partial charge in [0.15, 0.2) is 5.16 Å². The summed E-state index contributed by atoms with van der Waals surface area (Å²) in [6.45, 7) is 2.04. The summed E-state index contributed by atoms with van der Waals surface area (Å²) in [7, 11) is 0. The van der Waals surface area contributed by atoms with E-state index in [-0.39, 0.29) is 18.0 Å². The van der Waals surface area contributed by atoms with Crippen LogP contribution in [0.15, 0.2) is 34.2 Å². The van der Waals surface area contributed by atoms with E-state index >= 15 is 0 Å². The minimum atomic E-state index is -0.201. The predicted molar refractivity (Wildman–Crippen MR) is 96.8 cm³/mol.